The van der Waals surface area contributed by atoms with Crippen molar-refractivity contribution in [2.24, 2.45) is 0 Å². The van der Waals surface area contributed by atoms with Crippen LogP contribution in [0.15, 0.2) is 18.2 Å². The minimum atomic E-state index is -0.429. The summed E-state index contributed by atoms with van der Waals surface area (Å²) in [6, 6.07) is 6.25. The summed E-state index contributed by atoms with van der Waals surface area (Å²) in [6.45, 7) is 9.24. The molecule has 1 heterocycles. The van der Waals surface area contributed by atoms with E-state index in [1.54, 1.807) is 0 Å². The van der Waals surface area contributed by atoms with Gasteiger partial charge >= 0.3 is 6.09 Å². The fourth-order valence-corrected chi connectivity index (χ4v) is 2.67. The number of anilines is 1. The number of nitrogens with two attached hydrogens (primary N) is 1. The third kappa shape index (κ3) is 4.13. The second-order valence-corrected chi connectivity index (χ2v) is 6.86. The number of ether oxygens (including phenoxy) is 1. The summed E-state index contributed by atoms with van der Waals surface area (Å²) in [5.41, 5.74) is 8.73. The molecule has 1 aromatic carbocycles. The van der Waals surface area contributed by atoms with Crippen LogP contribution in [0.1, 0.15) is 50.7 Å². The number of likely N-dealkylation sites (tertiary alicyclic amines) is 1. The highest BCUT2D eigenvalue weighted by Gasteiger charge is 2.27. The molecular weight excluding hydrogens is 264 g/mol. The average molecular weight is 290 g/mol. The Morgan fingerprint density at radius 1 is 1.29 bits per heavy atom. The quantitative estimate of drug-likeness (QED) is 0.802. The summed E-state index contributed by atoms with van der Waals surface area (Å²) < 4.78 is 5.42. The number of aryl methyl sites for hydroxylation is 1. The molecule has 0 bridgehead atoms. The highest BCUT2D eigenvalue weighted by atomic mass is 16.6. The van der Waals surface area contributed by atoms with Gasteiger partial charge in [-0.2, -0.15) is 0 Å². The minimum Gasteiger partial charge on any atom is -0.444 e. The molecule has 4 nitrogen and oxygen atoms in total. The second kappa shape index (κ2) is 5.96. The number of nitrogens with zero attached hydrogens (tertiary/aromatic N) is 1. The standard InChI is InChI=1S/C17H26N2O2/c1-12-11-14(5-6-15(12)18)13-7-9-19(10-8-13)16(20)21-17(2,3)4/h5-6,11,13H,7-10,18H2,1-4H3. The number of carbonyl (C=O) groups is 1. The molecule has 1 aliphatic heterocycles. The van der Waals surface area contributed by atoms with Gasteiger partial charge in [-0.05, 0) is 63.6 Å². The Morgan fingerprint density at radius 3 is 2.43 bits per heavy atom. The van der Waals surface area contributed by atoms with E-state index in [9.17, 15) is 4.79 Å². The van der Waals surface area contributed by atoms with Crippen molar-refractivity contribution in [3.05, 3.63) is 29.3 Å². The Hall–Kier alpha value is -1.71. The van der Waals surface area contributed by atoms with Crippen molar-refractivity contribution >= 4 is 11.8 Å². The van der Waals surface area contributed by atoms with Crippen LogP contribution in [0.5, 0.6) is 0 Å². The summed E-state index contributed by atoms with van der Waals surface area (Å²) in [5, 5.41) is 0. The normalized spacial score (nSPS) is 16.9. The molecule has 2 N–H and O–H groups in total. The maximum absolute atomic E-state index is 12.0. The number of nitrogen functional groups attached to an aromatic ring is 1. The number of benzene rings is 1. The van der Waals surface area contributed by atoms with Gasteiger partial charge in [0.05, 0.1) is 0 Å². The molecule has 1 amide bonds. The lowest BCUT2D eigenvalue weighted by Gasteiger charge is -2.33. The predicted octanol–water partition coefficient (Wildman–Crippen LogP) is 3.69. The second-order valence-electron chi connectivity index (χ2n) is 6.86. The number of piperidine rings is 1. The molecule has 0 saturated carbocycles. The van der Waals surface area contributed by atoms with Gasteiger partial charge in [0.1, 0.15) is 5.60 Å². The molecule has 0 unspecified atom stereocenters. The van der Waals surface area contributed by atoms with Crippen LogP contribution >= 0.6 is 0 Å². The van der Waals surface area contributed by atoms with Gasteiger partial charge in [-0.1, -0.05) is 12.1 Å². The monoisotopic (exact) mass is 290 g/mol. The molecule has 116 valence electrons. The first-order valence-corrected chi connectivity index (χ1v) is 7.60. The minimum absolute atomic E-state index is 0.200. The smallest absolute Gasteiger partial charge is 0.410 e. The fourth-order valence-electron chi connectivity index (χ4n) is 2.67. The zero-order chi connectivity index (χ0) is 15.6. The lowest BCUT2D eigenvalue weighted by atomic mass is 9.88. The molecule has 4 heteroatoms. The van der Waals surface area contributed by atoms with Gasteiger partial charge in [-0.3, -0.25) is 0 Å². The molecule has 0 spiro atoms. The lowest BCUT2D eigenvalue weighted by molar-refractivity contribution is 0.0205. The maximum atomic E-state index is 12.0. The summed E-state index contributed by atoms with van der Waals surface area (Å²) in [7, 11) is 0. The first-order chi connectivity index (χ1) is 9.76. The van der Waals surface area contributed by atoms with Gasteiger partial charge in [-0.25, -0.2) is 4.79 Å². The number of hydrogen-bond donors (Lipinski definition) is 1. The molecule has 2 rings (SSSR count). The number of hydrogen-bond acceptors (Lipinski definition) is 3. The van der Waals surface area contributed by atoms with Crippen LogP contribution in [-0.4, -0.2) is 29.7 Å². The molecule has 1 aliphatic rings. The van der Waals surface area contributed by atoms with Crippen LogP contribution in [-0.2, 0) is 4.74 Å². The van der Waals surface area contributed by atoms with Crippen molar-refractivity contribution in [2.75, 3.05) is 18.8 Å². The fraction of sp³-hybridized carbons (Fsp3) is 0.588. The molecule has 1 saturated heterocycles. The van der Waals surface area contributed by atoms with Gasteiger partial charge in [0, 0.05) is 18.8 Å². The SMILES string of the molecule is Cc1cc(C2CCN(C(=O)OC(C)(C)C)CC2)ccc1N. The number of amides is 1. The zero-order valence-electron chi connectivity index (χ0n) is 13.5. The van der Waals surface area contributed by atoms with E-state index in [0.717, 1.165) is 37.2 Å². The van der Waals surface area contributed by atoms with E-state index in [0.29, 0.717) is 5.92 Å². The van der Waals surface area contributed by atoms with Crippen molar-refractivity contribution in [1.82, 2.24) is 4.90 Å². The average Bonchev–Trinajstić information content (AvgIpc) is 2.40. The summed E-state index contributed by atoms with van der Waals surface area (Å²) in [5.74, 6) is 0.503. The maximum Gasteiger partial charge on any atom is 0.410 e. The van der Waals surface area contributed by atoms with E-state index >= 15 is 0 Å². The molecule has 0 atom stereocenters. The summed E-state index contributed by atoms with van der Waals surface area (Å²) in [6.07, 6.45) is 1.75. The van der Waals surface area contributed by atoms with Crippen molar-refractivity contribution in [2.45, 2.75) is 52.1 Å². The van der Waals surface area contributed by atoms with Crippen LogP contribution in [0.3, 0.4) is 0 Å². The van der Waals surface area contributed by atoms with E-state index in [-0.39, 0.29) is 6.09 Å². The lowest BCUT2D eigenvalue weighted by Crippen LogP contribution is -2.41. The molecule has 21 heavy (non-hydrogen) atoms. The number of carbonyl (C=O) groups excluding carboxylic acids is 1. The molecular formula is C17H26N2O2. The first kappa shape index (κ1) is 15.7. The van der Waals surface area contributed by atoms with Gasteiger partial charge in [0.25, 0.3) is 0 Å². The van der Waals surface area contributed by atoms with E-state index in [1.807, 2.05) is 38.7 Å². The van der Waals surface area contributed by atoms with Crippen LogP contribution in [0.25, 0.3) is 0 Å². The Bertz CT molecular complexity index is 512. The summed E-state index contributed by atoms with van der Waals surface area (Å²) in [4.78, 5) is 13.9. The van der Waals surface area contributed by atoms with E-state index < -0.39 is 5.60 Å². The molecule has 1 aromatic rings. The van der Waals surface area contributed by atoms with Crippen molar-refractivity contribution in [3.63, 3.8) is 0 Å². The molecule has 1 fully saturated rings. The van der Waals surface area contributed by atoms with Crippen molar-refractivity contribution < 1.29 is 9.53 Å². The van der Waals surface area contributed by atoms with Crippen LogP contribution < -0.4 is 5.73 Å². The molecule has 0 aliphatic carbocycles. The van der Waals surface area contributed by atoms with Gasteiger partial charge in [-0.15, -0.1) is 0 Å². The zero-order valence-corrected chi connectivity index (χ0v) is 13.5. The van der Waals surface area contributed by atoms with E-state index in [4.69, 9.17) is 10.5 Å². The highest BCUT2D eigenvalue weighted by Crippen LogP contribution is 2.30. The van der Waals surface area contributed by atoms with Gasteiger partial charge in [0.15, 0.2) is 0 Å². The Balaban J connectivity index is 1.94. The molecule has 0 radical (unpaired) electrons. The van der Waals surface area contributed by atoms with E-state index in [2.05, 4.69) is 12.1 Å². The van der Waals surface area contributed by atoms with Crippen molar-refractivity contribution in [3.8, 4) is 0 Å². The molecule has 0 aromatic heterocycles. The predicted molar refractivity (Wildman–Crippen MR) is 85.4 cm³/mol. The first-order valence-electron chi connectivity index (χ1n) is 7.60. The highest BCUT2D eigenvalue weighted by molar-refractivity contribution is 5.68. The summed E-state index contributed by atoms with van der Waals surface area (Å²) >= 11 is 0. The van der Waals surface area contributed by atoms with E-state index in [1.165, 1.54) is 5.56 Å². The Labute approximate surface area is 127 Å². The Morgan fingerprint density at radius 2 is 1.90 bits per heavy atom. The van der Waals surface area contributed by atoms with Crippen LogP contribution in [0.2, 0.25) is 0 Å². The third-order valence-electron chi connectivity index (χ3n) is 3.91. The topological polar surface area (TPSA) is 55.6 Å². The van der Waals surface area contributed by atoms with Crippen molar-refractivity contribution in [1.29, 1.82) is 0 Å². The Kier molecular flexibility index (Phi) is 4.45. The van der Waals surface area contributed by atoms with Gasteiger partial charge < -0.3 is 15.4 Å². The van der Waals surface area contributed by atoms with Crippen LogP contribution in [0, 0.1) is 6.92 Å². The number of rotatable bonds is 1. The largest absolute Gasteiger partial charge is 0.444 e. The third-order valence-corrected chi connectivity index (χ3v) is 3.91. The van der Waals surface area contributed by atoms with Gasteiger partial charge in [0.2, 0.25) is 0 Å². The van der Waals surface area contributed by atoms with Crippen LogP contribution in [0.4, 0.5) is 10.5 Å².